The predicted octanol–water partition coefficient (Wildman–Crippen LogP) is 3.08. The lowest BCUT2D eigenvalue weighted by Crippen LogP contribution is -1.90. The molecular formula is C9H9NS2. The van der Waals surface area contributed by atoms with Crippen molar-refractivity contribution in [1.82, 2.24) is 0 Å². The van der Waals surface area contributed by atoms with Crippen LogP contribution in [0.4, 0.5) is 5.69 Å². The second kappa shape index (κ2) is 2.68. The summed E-state index contributed by atoms with van der Waals surface area (Å²) in [7, 11) is 0. The molecule has 0 aliphatic rings. The zero-order valence-corrected chi connectivity index (χ0v) is 8.38. The lowest BCUT2D eigenvalue weighted by molar-refractivity contribution is 1.43. The number of benzene rings is 1. The van der Waals surface area contributed by atoms with E-state index < -0.39 is 0 Å². The molecule has 2 rings (SSSR count). The molecule has 0 spiro atoms. The molecule has 0 saturated carbocycles. The van der Waals surface area contributed by atoms with E-state index in [1.807, 2.05) is 6.92 Å². The molecule has 0 aliphatic carbocycles. The number of aryl methyl sites for hydroxylation is 1. The molecule has 0 unspecified atom stereocenters. The Balaban J connectivity index is 2.94. The average Bonchev–Trinajstić information content (AvgIpc) is 2.48. The topological polar surface area (TPSA) is 26.0 Å². The smallest absolute Gasteiger partial charge is 0.0486 e. The molecular weight excluding hydrogens is 186 g/mol. The van der Waals surface area contributed by atoms with E-state index in [-0.39, 0.29) is 0 Å². The molecule has 12 heavy (non-hydrogen) atoms. The first-order chi connectivity index (χ1) is 5.70. The molecule has 2 N–H and O–H groups in total. The summed E-state index contributed by atoms with van der Waals surface area (Å²) in [6, 6.07) is 4.16. The summed E-state index contributed by atoms with van der Waals surface area (Å²) in [4.78, 5) is 0.909. The monoisotopic (exact) mass is 195 g/mol. The lowest BCUT2D eigenvalue weighted by atomic mass is 10.1. The molecule has 0 radical (unpaired) electrons. The third-order valence-electron chi connectivity index (χ3n) is 1.98. The van der Waals surface area contributed by atoms with Gasteiger partial charge in [-0.25, -0.2) is 0 Å². The molecule has 1 heterocycles. The van der Waals surface area contributed by atoms with Gasteiger partial charge in [-0.3, -0.25) is 0 Å². The summed E-state index contributed by atoms with van der Waals surface area (Å²) in [5.41, 5.74) is 7.74. The van der Waals surface area contributed by atoms with Gasteiger partial charge in [0.2, 0.25) is 0 Å². The number of nitrogens with two attached hydrogens (primary N) is 1. The fourth-order valence-corrected chi connectivity index (χ4v) is 2.57. The molecule has 1 nitrogen and oxygen atoms in total. The van der Waals surface area contributed by atoms with Crippen LogP contribution in [-0.2, 0) is 0 Å². The first-order valence-corrected chi connectivity index (χ1v) is 4.98. The van der Waals surface area contributed by atoms with E-state index in [1.54, 1.807) is 11.3 Å². The van der Waals surface area contributed by atoms with Crippen molar-refractivity contribution in [3.63, 3.8) is 0 Å². The maximum Gasteiger partial charge on any atom is 0.0486 e. The van der Waals surface area contributed by atoms with Crippen LogP contribution in [0.3, 0.4) is 0 Å². The number of thiophene rings is 1. The fraction of sp³-hybridized carbons (Fsp3) is 0.111. The zero-order valence-electron chi connectivity index (χ0n) is 6.66. The van der Waals surface area contributed by atoms with Gasteiger partial charge in [0.15, 0.2) is 0 Å². The van der Waals surface area contributed by atoms with Crippen molar-refractivity contribution in [3.8, 4) is 0 Å². The Morgan fingerprint density at radius 2 is 2.25 bits per heavy atom. The number of fused-ring (bicyclic) bond motifs is 1. The Labute approximate surface area is 80.6 Å². The van der Waals surface area contributed by atoms with Crippen LogP contribution in [0.15, 0.2) is 22.4 Å². The molecule has 0 bridgehead atoms. The van der Waals surface area contributed by atoms with Gasteiger partial charge in [-0.15, -0.1) is 24.0 Å². The van der Waals surface area contributed by atoms with Gasteiger partial charge < -0.3 is 5.73 Å². The number of hydrogen-bond acceptors (Lipinski definition) is 3. The standard InChI is InChI=1S/C9H9NS2/c1-5-4-7-6(2-3-12-7)9(11)8(5)10/h2-4,11H,10H2,1H3. The van der Waals surface area contributed by atoms with Crippen LogP contribution in [0.25, 0.3) is 10.1 Å². The molecule has 0 atom stereocenters. The van der Waals surface area contributed by atoms with E-state index in [0.29, 0.717) is 0 Å². The van der Waals surface area contributed by atoms with Gasteiger partial charge in [-0.2, -0.15) is 0 Å². The molecule has 2 aromatic rings. The zero-order chi connectivity index (χ0) is 8.72. The highest BCUT2D eigenvalue weighted by molar-refractivity contribution is 7.80. The quantitative estimate of drug-likeness (QED) is 0.490. The number of rotatable bonds is 0. The van der Waals surface area contributed by atoms with Crippen LogP contribution in [-0.4, -0.2) is 0 Å². The van der Waals surface area contributed by atoms with Crippen molar-refractivity contribution < 1.29 is 0 Å². The van der Waals surface area contributed by atoms with Crippen LogP contribution in [0, 0.1) is 6.92 Å². The highest BCUT2D eigenvalue weighted by Crippen LogP contribution is 2.33. The summed E-state index contributed by atoms with van der Waals surface area (Å²) < 4.78 is 1.26. The van der Waals surface area contributed by atoms with Gasteiger partial charge in [0, 0.05) is 20.7 Å². The highest BCUT2D eigenvalue weighted by atomic mass is 32.1. The molecule has 3 heteroatoms. The van der Waals surface area contributed by atoms with Crippen molar-refractivity contribution in [2.45, 2.75) is 11.8 Å². The number of nitrogen functional groups attached to an aromatic ring is 1. The van der Waals surface area contributed by atoms with Crippen LogP contribution < -0.4 is 5.73 Å². The van der Waals surface area contributed by atoms with Crippen LogP contribution in [0.5, 0.6) is 0 Å². The van der Waals surface area contributed by atoms with Crippen molar-refractivity contribution in [1.29, 1.82) is 0 Å². The van der Waals surface area contributed by atoms with Crippen LogP contribution >= 0.6 is 24.0 Å². The molecule has 0 amide bonds. The second-order valence-corrected chi connectivity index (χ2v) is 4.18. The summed E-state index contributed by atoms with van der Waals surface area (Å²) in [6.07, 6.45) is 0. The molecule has 0 fully saturated rings. The average molecular weight is 195 g/mol. The fourth-order valence-electron chi connectivity index (χ4n) is 1.23. The Morgan fingerprint density at radius 1 is 1.50 bits per heavy atom. The van der Waals surface area contributed by atoms with E-state index in [9.17, 15) is 0 Å². The number of hydrogen-bond donors (Lipinski definition) is 2. The molecule has 1 aromatic heterocycles. The van der Waals surface area contributed by atoms with Crippen molar-refractivity contribution in [2.24, 2.45) is 0 Å². The molecule has 0 saturated heterocycles. The highest BCUT2D eigenvalue weighted by Gasteiger charge is 2.05. The largest absolute Gasteiger partial charge is 0.398 e. The van der Waals surface area contributed by atoms with E-state index in [1.165, 1.54) is 4.70 Å². The predicted molar refractivity (Wildman–Crippen MR) is 58.2 cm³/mol. The summed E-state index contributed by atoms with van der Waals surface area (Å²) in [5, 5.41) is 3.22. The van der Waals surface area contributed by atoms with Crippen molar-refractivity contribution in [3.05, 3.63) is 23.1 Å². The van der Waals surface area contributed by atoms with E-state index in [0.717, 1.165) is 21.5 Å². The van der Waals surface area contributed by atoms with Gasteiger partial charge in [0.1, 0.15) is 0 Å². The van der Waals surface area contributed by atoms with Gasteiger partial charge in [0.05, 0.1) is 0 Å². The lowest BCUT2D eigenvalue weighted by Gasteiger charge is -2.04. The van der Waals surface area contributed by atoms with E-state index >= 15 is 0 Å². The third-order valence-corrected chi connectivity index (χ3v) is 3.32. The third kappa shape index (κ3) is 1.01. The first kappa shape index (κ1) is 7.95. The number of thiol groups is 1. The van der Waals surface area contributed by atoms with Gasteiger partial charge >= 0.3 is 0 Å². The van der Waals surface area contributed by atoms with Crippen LogP contribution in [0.1, 0.15) is 5.56 Å². The minimum Gasteiger partial charge on any atom is -0.398 e. The van der Waals surface area contributed by atoms with E-state index in [2.05, 4.69) is 30.1 Å². The minimum absolute atomic E-state index is 0.796. The van der Waals surface area contributed by atoms with E-state index in [4.69, 9.17) is 5.73 Å². The maximum atomic E-state index is 5.84. The van der Waals surface area contributed by atoms with Crippen molar-refractivity contribution in [2.75, 3.05) is 5.73 Å². The Bertz CT molecular complexity index is 431. The second-order valence-electron chi connectivity index (χ2n) is 2.79. The maximum absolute atomic E-state index is 5.84. The Hall–Kier alpha value is -0.670. The Kier molecular flexibility index (Phi) is 1.77. The Morgan fingerprint density at radius 3 is 3.00 bits per heavy atom. The number of anilines is 1. The summed E-state index contributed by atoms with van der Waals surface area (Å²) in [5.74, 6) is 0. The van der Waals surface area contributed by atoms with Gasteiger partial charge in [-0.1, -0.05) is 0 Å². The first-order valence-electron chi connectivity index (χ1n) is 3.65. The van der Waals surface area contributed by atoms with Crippen molar-refractivity contribution >= 4 is 39.7 Å². The molecule has 1 aromatic carbocycles. The molecule has 62 valence electrons. The summed E-state index contributed by atoms with van der Waals surface area (Å²) >= 11 is 6.10. The minimum atomic E-state index is 0.796. The van der Waals surface area contributed by atoms with Gasteiger partial charge in [-0.05, 0) is 30.0 Å². The molecule has 0 aliphatic heterocycles. The normalized spacial score (nSPS) is 10.8. The SMILES string of the molecule is Cc1cc2sccc2c(S)c1N. The van der Waals surface area contributed by atoms with Gasteiger partial charge in [0.25, 0.3) is 0 Å². The summed E-state index contributed by atoms with van der Waals surface area (Å²) in [6.45, 7) is 2.01. The van der Waals surface area contributed by atoms with Crippen LogP contribution in [0.2, 0.25) is 0 Å².